The summed E-state index contributed by atoms with van der Waals surface area (Å²) in [6.07, 6.45) is 0.903. The number of rotatable bonds is 7. The number of fused-ring (bicyclic) bond motifs is 1. The molecule has 0 heterocycles. The Kier molecular flexibility index (Phi) is 5.53. The maximum atomic E-state index is 11.8. The van der Waals surface area contributed by atoms with Gasteiger partial charge < -0.3 is 15.4 Å². The molecular formula is C16H20N2O2. The van der Waals surface area contributed by atoms with E-state index in [2.05, 4.69) is 16.7 Å². The Morgan fingerprint density at radius 2 is 1.95 bits per heavy atom. The molecule has 1 amide bonds. The standard InChI is InChI=1S/C16H20N2O2/c1-20-10-4-9-17-12-16(19)18-15-8-7-13-5-2-3-6-14(13)11-15/h2-3,5-8,11,17H,4,9-10,12H2,1H3,(H,18,19). The molecule has 4 heteroatoms. The molecule has 0 spiro atoms. The summed E-state index contributed by atoms with van der Waals surface area (Å²) in [6, 6.07) is 14.0. The van der Waals surface area contributed by atoms with Crippen LogP contribution in [0, 0.1) is 0 Å². The van der Waals surface area contributed by atoms with Gasteiger partial charge in [0.25, 0.3) is 0 Å². The molecule has 106 valence electrons. The number of benzene rings is 2. The molecular weight excluding hydrogens is 252 g/mol. The third kappa shape index (κ3) is 4.33. The van der Waals surface area contributed by atoms with Crippen molar-refractivity contribution in [3.8, 4) is 0 Å². The van der Waals surface area contributed by atoms with Gasteiger partial charge in [0.1, 0.15) is 0 Å². The molecule has 20 heavy (non-hydrogen) atoms. The molecule has 0 unspecified atom stereocenters. The van der Waals surface area contributed by atoms with Gasteiger partial charge >= 0.3 is 0 Å². The van der Waals surface area contributed by atoms with E-state index in [1.165, 1.54) is 5.39 Å². The van der Waals surface area contributed by atoms with Crippen LogP contribution in [0.25, 0.3) is 10.8 Å². The largest absolute Gasteiger partial charge is 0.385 e. The van der Waals surface area contributed by atoms with E-state index in [1.807, 2.05) is 36.4 Å². The number of hydrogen-bond acceptors (Lipinski definition) is 3. The highest BCUT2D eigenvalue weighted by Gasteiger charge is 2.02. The number of carbonyl (C=O) groups is 1. The molecule has 0 radical (unpaired) electrons. The molecule has 2 N–H and O–H groups in total. The summed E-state index contributed by atoms with van der Waals surface area (Å²) in [5.41, 5.74) is 0.826. The highest BCUT2D eigenvalue weighted by molar-refractivity contribution is 5.95. The number of hydrogen-bond donors (Lipinski definition) is 2. The number of nitrogens with one attached hydrogen (secondary N) is 2. The Bertz CT molecular complexity index is 569. The van der Waals surface area contributed by atoms with Gasteiger partial charge in [-0.25, -0.2) is 0 Å². The summed E-state index contributed by atoms with van der Waals surface area (Å²) in [4.78, 5) is 11.8. The second-order valence-corrected chi connectivity index (χ2v) is 4.63. The number of ether oxygens (including phenoxy) is 1. The van der Waals surface area contributed by atoms with Gasteiger partial charge in [0.2, 0.25) is 5.91 Å². The zero-order chi connectivity index (χ0) is 14.2. The summed E-state index contributed by atoms with van der Waals surface area (Å²) in [6.45, 7) is 1.80. The Balaban J connectivity index is 1.83. The Hall–Kier alpha value is -1.91. The minimum Gasteiger partial charge on any atom is -0.385 e. The lowest BCUT2D eigenvalue weighted by Gasteiger charge is -2.07. The summed E-state index contributed by atoms with van der Waals surface area (Å²) in [5, 5.41) is 8.27. The summed E-state index contributed by atoms with van der Waals surface area (Å²) < 4.78 is 4.94. The fourth-order valence-corrected chi connectivity index (χ4v) is 2.02. The lowest BCUT2D eigenvalue weighted by molar-refractivity contribution is -0.115. The van der Waals surface area contributed by atoms with E-state index in [4.69, 9.17) is 4.74 Å². The first-order chi connectivity index (χ1) is 9.79. The molecule has 0 aromatic heterocycles. The number of methoxy groups -OCH3 is 1. The maximum Gasteiger partial charge on any atom is 0.238 e. The third-order valence-corrected chi connectivity index (χ3v) is 3.02. The van der Waals surface area contributed by atoms with Gasteiger partial charge in [0.15, 0.2) is 0 Å². The number of amides is 1. The van der Waals surface area contributed by atoms with Crippen molar-refractivity contribution < 1.29 is 9.53 Å². The highest BCUT2D eigenvalue weighted by Crippen LogP contribution is 2.18. The number of anilines is 1. The number of carbonyl (C=O) groups excluding carboxylic acids is 1. The van der Waals surface area contributed by atoms with E-state index in [-0.39, 0.29) is 5.91 Å². The average Bonchev–Trinajstić information content (AvgIpc) is 2.47. The predicted octanol–water partition coefficient (Wildman–Crippen LogP) is 2.40. The van der Waals surface area contributed by atoms with E-state index in [9.17, 15) is 4.79 Å². The lowest BCUT2D eigenvalue weighted by atomic mass is 10.1. The quantitative estimate of drug-likeness (QED) is 0.761. The minimum atomic E-state index is -0.0299. The summed E-state index contributed by atoms with van der Waals surface area (Å²) in [5.74, 6) is -0.0299. The van der Waals surface area contributed by atoms with Crippen molar-refractivity contribution >= 4 is 22.4 Å². The Morgan fingerprint density at radius 1 is 1.15 bits per heavy atom. The van der Waals surface area contributed by atoms with E-state index in [1.54, 1.807) is 7.11 Å². The molecule has 0 aliphatic rings. The predicted molar refractivity (Wildman–Crippen MR) is 81.9 cm³/mol. The van der Waals surface area contributed by atoms with E-state index < -0.39 is 0 Å². The zero-order valence-electron chi connectivity index (χ0n) is 11.7. The van der Waals surface area contributed by atoms with E-state index in [0.717, 1.165) is 24.0 Å². The van der Waals surface area contributed by atoms with Crippen LogP contribution >= 0.6 is 0 Å². The van der Waals surface area contributed by atoms with Crippen LogP contribution in [0.1, 0.15) is 6.42 Å². The van der Waals surface area contributed by atoms with Crippen molar-refractivity contribution in [1.29, 1.82) is 0 Å². The van der Waals surface area contributed by atoms with Crippen LogP contribution in [-0.4, -0.2) is 32.7 Å². The minimum absolute atomic E-state index is 0.0299. The van der Waals surface area contributed by atoms with Crippen molar-refractivity contribution in [3.05, 3.63) is 42.5 Å². The summed E-state index contributed by atoms with van der Waals surface area (Å²) in [7, 11) is 1.67. The Morgan fingerprint density at radius 3 is 2.75 bits per heavy atom. The molecule has 0 bridgehead atoms. The molecule has 0 aliphatic carbocycles. The van der Waals surface area contributed by atoms with Crippen molar-refractivity contribution in [2.24, 2.45) is 0 Å². The van der Waals surface area contributed by atoms with E-state index in [0.29, 0.717) is 13.2 Å². The van der Waals surface area contributed by atoms with Gasteiger partial charge in [-0.05, 0) is 35.9 Å². The maximum absolute atomic E-state index is 11.8. The monoisotopic (exact) mass is 272 g/mol. The molecule has 0 saturated carbocycles. The molecule has 4 nitrogen and oxygen atoms in total. The topological polar surface area (TPSA) is 50.4 Å². The average molecular weight is 272 g/mol. The molecule has 0 fully saturated rings. The van der Waals surface area contributed by atoms with E-state index >= 15 is 0 Å². The van der Waals surface area contributed by atoms with Gasteiger partial charge in [0, 0.05) is 19.4 Å². The van der Waals surface area contributed by atoms with Crippen LogP contribution in [0.4, 0.5) is 5.69 Å². The first-order valence-corrected chi connectivity index (χ1v) is 6.78. The van der Waals surface area contributed by atoms with Crippen molar-refractivity contribution in [1.82, 2.24) is 5.32 Å². The van der Waals surface area contributed by atoms with Crippen LogP contribution in [-0.2, 0) is 9.53 Å². The molecule has 0 saturated heterocycles. The summed E-state index contributed by atoms with van der Waals surface area (Å²) >= 11 is 0. The van der Waals surface area contributed by atoms with Crippen LogP contribution in [0.5, 0.6) is 0 Å². The third-order valence-electron chi connectivity index (χ3n) is 3.02. The fraction of sp³-hybridized carbons (Fsp3) is 0.312. The van der Waals surface area contributed by atoms with Gasteiger partial charge in [-0.15, -0.1) is 0 Å². The van der Waals surface area contributed by atoms with Gasteiger partial charge in [-0.1, -0.05) is 30.3 Å². The normalized spacial score (nSPS) is 10.7. The second-order valence-electron chi connectivity index (χ2n) is 4.63. The first kappa shape index (κ1) is 14.5. The fourth-order valence-electron chi connectivity index (χ4n) is 2.02. The van der Waals surface area contributed by atoms with Gasteiger partial charge in [-0.3, -0.25) is 4.79 Å². The smallest absolute Gasteiger partial charge is 0.238 e. The zero-order valence-corrected chi connectivity index (χ0v) is 11.7. The molecule has 2 aromatic rings. The Labute approximate surface area is 119 Å². The molecule has 2 aromatic carbocycles. The molecule has 0 aliphatic heterocycles. The molecule has 0 atom stereocenters. The first-order valence-electron chi connectivity index (χ1n) is 6.78. The second kappa shape index (κ2) is 7.62. The van der Waals surface area contributed by atoms with Gasteiger partial charge in [0.05, 0.1) is 6.54 Å². The van der Waals surface area contributed by atoms with Crippen molar-refractivity contribution in [3.63, 3.8) is 0 Å². The van der Waals surface area contributed by atoms with Crippen LogP contribution in [0.2, 0.25) is 0 Å². The highest BCUT2D eigenvalue weighted by atomic mass is 16.5. The lowest BCUT2D eigenvalue weighted by Crippen LogP contribution is -2.29. The van der Waals surface area contributed by atoms with Crippen LogP contribution in [0.15, 0.2) is 42.5 Å². The van der Waals surface area contributed by atoms with Gasteiger partial charge in [-0.2, -0.15) is 0 Å². The molecule has 2 rings (SSSR count). The van der Waals surface area contributed by atoms with Crippen LogP contribution in [0.3, 0.4) is 0 Å². The van der Waals surface area contributed by atoms with Crippen molar-refractivity contribution in [2.75, 3.05) is 32.1 Å². The SMILES string of the molecule is COCCCNCC(=O)Nc1ccc2ccccc2c1. The van der Waals surface area contributed by atoms with Crippen molar-refractivity contribution in [2.45, 2.75) is 6.42 Å². The van der Waals surface area contributed by atoms with Crippen LogP contribution < -0.4 is 10.6 Å².